The van der Waals surface area contributed by atoms with Crippen LogP contribution in [0.5, 0.6) is 0 Å². The zero-order valence-corrected chi connectivity index (χ0v) is 9.07. The molecule has 0 aliphatic carbocycles. The van der Waals surface area contributed by atoms with Crippen LogP contribution in [0.15, 0.2) is 42.6 Å². The second kappa shape index (κ2) is 4.75. The van der Waals surface area contributed by atoms with Gasteiger partial charge in [-0.25, -0.2) is 4.39 Å². The minimum absolute atomic E-state index is 0.234. The molecule has 2 nitrogen and oxygen atoms in total. The first kappa shape index (κ1) is 10.6. The number of pyridine rings is 1. The standard InChI is InChI=1S/C13H13FN2/c1-10-6-7-11(8-15-10)9-16-13-5-3-2-4-12(13)14/h2-8,16H,9H2,1H3. The molecule has 82 valence electrons. The van der Waals surface area contributed by atoms with E-state index in [-0.39, 0.29) is 5.82 Å². The van der Waals surface area contributed by atoms with E-state index in [1.165, 1.54) is 6.07 Å². The highest BCUT2D eigenvalue weighted by atomic mass is 19.1. The highest BCUT2D eigenvalue weighted by Gasteiger charge is 1.99. The van der Waals surface area contributed by atoms with E-state index in [1.807, 2.05) is 19.1 Å². The number of aryl methyl sites for hydroxylation is 1. The van der Waals surface area contributed by atoms with Crippen LogP contribution >= 0.6 is 0 Å². The summed E-state index contributed by atoms with van der Waals surface area (Å²) in [5.74, 6) is -0.234. The van der Waals surface area contributed by atoms with Gasteiger partial charge in [0.2, 0.25) is 0 Å². The number of benzene rings is 1. The van der Waals surface area contributed by atoms with Gasteiger partial charge in [0.05, 0.1) is 5.69 Å². The van der Waals surface area contributed by atoms with E-state index in [9.17, 15) is 4.39 Å². The van der Waals surface area contributed by atoms with E-state index < -0.39 is 0 Å². The molecule has 16 heavy (non-hydrogen) atoms. The Bertz CT molecular complexity index is 466. The lowest BCUT2D eigenvalue weighted by Crippen LogP contribution is -2.01. The van der Waals surface area contributed by atoms with Crippen LogP contribution in [0.1, 0.15) is 11.3 Å². The molecule has 0 amide bonds. The summed E-state index contributed by atoms with van der Waals surface area (Å²) in [5.41, 5.74) is 2.53. The Morgan fingerprint density at radius 3 is 2.69 bits per heavy atom. The Hall–Kier alpha value is -1.90. The number of rotatable bonds is 3. The number of nitrogens with zero attached hydrogens (tertiary/aromatic N) is 1. The maximum atomic E-state index is 13.3. The Morgan fingerprint density at radius 1 is 1.19 bits per heavy atom. The summed E-state index contributed by atoms with van der Waals surface area (Å²) in [4.78, 5) is 4.18. The normalized spacial score (nSPS) is 10.1. The van der Waals surface area contributed by atoms with Gasteiger partial charge in [-0.1, -0.05) is 18.2 Å². The molecule has 1 aromatic heterocycles. The van der Waals surface area contributed by atoms with Gasteiger partial charge in [-0.3, -0.25) is 4.98 Å². The predicted molar refractivity (Wildman–Crippen MR) is 62.7 cm³/mol. The summed E-state index contributed by atoms with van der Waals surface area (Å²) in [6, 6.07) is 10.6. The van der Waals surface area contributed by atoms with Crippen LogP contribution in [0.4, 0.5) is 10.1 Å². The van der Waals surface area contributed by atoms with Crippen LogP contribution in [-0.2, 0) is 6.54 Å². The van der Waals surface area contributed by atoms with Gasteiger partial charge in [0.15, 0.2) is 0 Å². The fourth-order valence-electron chi connectivity index (χ4n) is 1.40. The smallest absolute Gasteiger partial charge is 0.146 e. The second-order valence-electron chi connectivity index (χ2n) is 3.64. The van der Waals surface area contributed by atoms with Gasteiger partial charge in [-0.05, 0) is 30.7 Å². The average Bonchev–Trinajstić information content (AvgIpc) is 2.30. The van der Waals surface area contributed by atoms with Crippen molar-refractivity contribution >= 4 is 5.69 Å². The Balaban J connectivity index is 2.02. The molecule has 0 unspecified atom stereocenters. The second-order valence-corrected chi connectivity index (χ2v) is 3.64. The van der Waals surface area contributed by atoms with Crippen LogP contribution in [0.2, 0.25) is 0 Å². The van der Waals surface area contributed by atoms with Crippen LogP contribution in [-0.4, -0.2) is 4.98 Å². The predicted octanol–water partition coefficient (Wildman–Crippen LogP) is 3.14. The lowest BCUT2D eigenvalue weighted by Gasteiger charge is -2.07. The molecule has 0 fully saturated rings. The number of halogens is 1. The summed E-state index contributed by atoms with van der Waals surface area (Å²) in [6.45, 7) is 2.52. The van der Waals surface area contributed by atoms with Gasteiger partial charge in [0.1, 0.15) is 5.82 Å². The summed E-state index contributed by atoms with van der Waals surface area (Å²) in [5, 5.41) is 3.03. The van der Waals surface area contributed by atoms with E-state index in [0.29, 0.717) is 12.2 Å². The SMILES string of the molecule is Cc1ccc(CNc2ccccc2F)cn1. The van der Waals surface area contributed by atoms with Crippen LogP contribution < -0.4 is 5.32 Å². The lowest BCUT2D eigenvalue weighted by molar-refractivity contribution is 0.630. The Labute approximate surface area is 94.2 Å². The fourth-order valence-corrected chi connectivity index (χ4v) is 1.40. The summed E-state index contributed by atoms with van der Waals surface area (Å²) in [6.07, 6.45) is 1.79. The van der Waals surface area contributed by atoms with E-state index in [0.717, 1.165) is 11.3 Å². The molecule has 0 bridgehead atoms. The topological polar surface area (TPSA) is 24.9 Å². The number of anilines is 1. The largest absolute Gasteiger partial charge is 0.379 e. The summed E-state index contributed by atoms with van der Waals surface area (Å²) in [7, 11) is 0. The van der Waals surface area contributed by atoms with E-state index in [1.54, 1.807) is 24.4 Å². The van der Waals surface area contributed by atoms with Crippen molar-refractivity contribution in [2.45, 2.75) is 13.5 Å². The molecule has 3 heteroatoms. The van der Waals surface area contributed by atoms with Crippen molar-refractivity contribution in [3.05, 3.63) is 59.7 Å². The number of hydrogen-bond donors (Lipinski definition) is 1. The van der Waals surface area contributed by atoms with E-state index in [2.05, 4.69) is 10.3 Å². The third kappa shape index (κ3) is 2.57. The van der Waals surface area contributed by atoms with Crippen LogP contribution in [0, 0.1) is 12.7 Å². The maximum Gasteiger partial charge on any atom is 0.146 e. The van der Waals surface area contributed by atoms with Gasteiger partial charge >= 0.3 is 0 Å². The molecular weight excluding hydrogens is 203 g/mol. The molecule has 0 saturated heterocycles. The monoisotopic (exact) mass is 216 g/mol. The molecular formula is C13H13FN2. The van der Waals surface area contributed by atoms with Gasteiger partial charge in [0, 0.05) is 18.4 Å². The molecule has 0 saturated carbocycles. The molecule has 0 aliphatic heterocycles. The zero-order valence-electron chi connectivity index (χ0n) is 9.07. The molecule has 1 aromatic carbocycles. The van der Waals surface area contributed by atoms with Crippen molar-refractivity contribution in [2.75, 3.05) is 5.32 Å². The summed E-state index contributed by atoms with van der Waals surface area (Å²) < 4.78 is 13.3. The van der Waals surface area contributed by atoms with Crippen molar-refractivity contribution in [3.63, 3.8) is 0 Å². The number of para-hydroxylation sites is 1. The Morgan fingerprint density at radius 2 is 2.00 bits per heavy atom. The van der Waals surface area contributed by atoms with E-state index in [4.69, 9.17) is 0 Å². The molecule has 1 heterocycles. The van der Waals surface area contributed by atoms with Crippen LogP contribution in [0.25, 0.3) is 0 Å². The van der Waals surface area contributed by atoms with Crippen molar-refractivity contribution in [2.24, 2.45) is 0 Å². The van der Waals surface area contributed by atoms with Gasteiger partial charge in [-0.2, -0.15) is 0 Å². The molecule has 0 atom stereocenters. The molecule has 1 N–H and O–H groups in total. The van der Waals surface area contributed by atoms with Crippen LogP contribution in [0.3, 0.4) is 0 Å². The minimum atomic E-state index is -0.234. The number of nitrogens with one attached hydrogen (secondary N) is 1. The number of aromatic nitrogens is 1. The Kier molecular flexibility index (Phi) is 3.15. The van der Waals surface area contributed by atoms with Gasteiger partial charge < -0.3 is 5.32 Å². The first-order valence-electron chi connectivity index (χ1n) is 5.15. The zero-order chi connectivity index (χ0) is 11.4. The highest BCUT2D eigenvalue weighted by molar-refractivity contribution is 5.44. The molecule has 2 aromatic rings. The van der Waals surface area contributed by atoms with E-state index >= 15 is 0 Å². The first-order chi connectivity index (χ1) is 7.75. The van der Waals surface area contributed by atoms with Gasteiger partial charge in [0.25, 0.3) is 0 Å². The number of hydrogen-bond acceptors (Lipinski definition) is 2. The third-order valence-corrected chi connectivity index (χ3v) is 2.33. The summed E-state index contributed by atoms with van der Waals surface area (Å²) >= 11 is 0. The average molecular weight is 216 g/mol. The minimum Gasteiger partial charge on any atom is -0.379 e. The van der Waals surface area contributed by atoms with Crippen molar-refractivity contribution < 1.29 is 4.39 Å². The quantitative estimate of drug-likeness (QED) is 0.852. The fraction of sp³-hybridized carbons (Fsp3) is 0.154. The lowest BCUT2D eigenvalue weighted by atomic mass is 10.2. The van der Waals surface area contributed by atoms with Crippen molar-refractivity contribution in [1.29, 1.82) is 0 Å². The first-order valence-corrected chi connectivity index (χ1v) is 5.15. The van der Waals surface area contributed by atoms with Crippen molar-refractivity contribution in [1.82, 2.24) is 4.98 Å². The third-order valence-electron chi connectivity index (χ3n) is 2.33. The van der Waals surface area contributed by atoms with Crippen molar-refractivity contribution in [3.8, 4) is 0 Å². The molecule has 2 rings (SSSR count). The molecule has 0 aliphatic rings. The highest BCUT2D eigenvalue weighted by Crippen LogP contribution is 2.13. The molecule has 0 spiro atoms. The molecule has 0 radical (unpaired) electrons. The van der Waals surface area contributed by atoms with Gasteiger partial charge in [-0.15, -0.1) is 0 Å². The maximum absolute atomic E-state index is 13.3.